The highest BCUT2D eigenvalue weighted by atomic mass is 79.9. The summed E-state index contributed by atoms with van der Waals surface area (Å²) in [5.74, 6) is 0. The summed E-state index contributed by atoms with van der Waals surface area (Å²) in [6.07, 6.45) is 1.19. The molecule has 0 amide bonds. The van der Waals surface area contributed by atoms with Crippen LogP contribution in [0, 0.1) is 0 Å². The highest BCUT2D eigenvalue weighted by Gasteiger charge is 2.16. The molecule has 1 heterocycles. The van der Waals surface area contributed by atoms with E-state index in [-0.39, 0.29) is 10.0 Å². The highest BCUT2D eigenvalue weighted by molar-refractivity contribution is 9.10. The zero-order chi connectivity index (χ0) is 14.0. The number of pyridine rings is 1. The molecule has 0 aliphatic carbocycles. The third-order valence-corrected chi connectivity index (χ3v) is 4.91. The Kier molecular flexibility index (Phi) is 4.35. The fourth-order valence-electron chi connectivity index (χ4n) is 1.28. The molecular weight excluding hydrogens is 375 g/mol. The SMILES string of the molecule is O=S(=O)(Nc1ccc(Cl)cc1)c1cnc(Cl)c(Br)c1. The van der Waals surface area contributed by atoms with Crippen molar-refractivity contribution in [2.45, 2.75) is 4.90 Å². The van der Waals surface area contributed by atoms with Gasteiger partial charge in [-0.15, -0.1) is 0 Å². The number of hydrogen-bond acceptors (Lipinski definition) is 3. The van der Waals surface area contributed by atoms with Crippen LogP contribution in [0.25, 0.3) is 0 Å². The van der Waals surface area contributed by atoms with Crippen molar-refractivity contribution < 1.29 is 8.42 Å². The molecule has 0 atom stereocenters. The van der Waals surface area contributed by atoms with E-state index < -0.39 is 10.0 Å². The lowest BCUT2D eigenvalue weighted by atomic mass is 10.3. The first-order valence-electron chi connectivity index (χ1n) is 4.98. The van der Waals surface area contributed by atoms with Crippen molar-refractivity contribution in [3.05, 3.63) is 51.2 Å². The van der Waals surface area contributed by atoms with Crippen LogP contribution in [-0.2, 0) is 10.0 Å². The van der Waals surface area contributed by atoms with Crippen LogP contribution in [0.5, 0.6) is 0 Å². The highest BCUT2D eigenvalue weighted by Crippen LogP contribution is 2.24. The fourth-order valence-corrected chi connectivity index (χ4v) is 3.04. The first kappa shape index (κ1) is 14.6. The number of sulfonamides is 1. The van der Waals surface area contributed by atoms with Crippen LogP contribution in [0.2, 0.25) is 10.2 Å². The van der Waals surface area contributed by atoms with Gasteiger partial charge < -0.3 is 0 Å². The number of benzene rings is 1. The summed E-state index contributed by atoms with van der Waals surface area (Å²) < 4.78 is 27.0. The van der Waals surface area contributed by atoms with Gasteiger partial charge in [0.1, 0.15) is 10.0 Å². The summed E-state index contributed by atoms with van der Waals surface area (Å²) in [5.41, 5.74) is 0.412. The molecule has 0 unspecified atom stereocenters. The van der Waals surface area contributed by atoms with Gasteiger partial charge >= 0.3 is 0 Å². The number of nitrogens with zero attached hydrogens (tertiary/aromatic N) is 1. The maximum absolute atomic E-state index is 12.1. The lowest BCUT2D eigenvalue weighted by molar-refractivity contribution is 0.600. The molecule has 2 aromatic rings. The van der Waals surface area contributed by atoms with Crippen LogP contribution in [0.3, 0.4) is 0 Å². The maximum Gasteiger partial charge on any atom is 0.263 e. The van der Waals surface area contributed by atoms with E-state index in [1.807, 2.05) is 0 Å². The van der Waals surface area contributed by atoms with Crippen molar-refractivity contribution in [1.29, 1.82) is 0 Å². The number of hydrogen-bond donors (Lipinski definition) is 1. The van der Waals surface area contributed by atoms with Crippen molar-refractivity contribution in [1.82, 2.24) is 4.98 Å². The Balaban J connectivity index is 2.32. The van der Waals surface area contributed by atoms with Gasteiger partial charge in [-0.2, -0.15) is 0 Å². The zero-order valence-electron chi connectivity index (χ0n) is 9.27. The molecule has 1 aromatic heterocycles. The van der Waals surface area contributed by atoms with E-state index in [0.29, 0.717) is 15.2 Å². The Labute approximate surface area is 128 Å². The van der Waals surface area contributed by atoms with E-state index in [9.17, 15) is 8.42 Å². The third kappa shape index (κ3) is 3.60. The van der Waals surface area contributed by atoms with Crippen LogP contribution in [0.1, 0.15) is 0 Å². The number of anilines is 1. The normalized spacial score (nSPS) is 11.3. The molecule has 2 rings (SSSR count). The van der Waals surface area contributed by atoms with E-state index in [2.05, 4.69) is 25.6 Å². The molecule has 100 valence electrons. The molecule has 19 heavy (non-hydrogen) atoms. The Hall–Kier alpha value is -0.820. The second kappa shape index (κ2) is 5.66. The van der Waals surface area contributed by atoms with Gasteiger partial charge in [0, 0.05) is 16.9 Å². The molecule has 1 N–H and O–H groups in total. The second-order valence-corrected chi connectivity index (χ2v) is 6.89. The van der Waals surface area contributed by atoms with Crippen molar-refractivity contribution in [3.63, 3.8) is 0 Å². The number of rotatable bonds is 3. The minimum absolute atomic E-state index is 0.0127. The van der Waals surface area contributed by atoms with Crippen molar-refractivity contribution in [2.24, 2.45) is 0 Å². The molecular formula is C11H7BrCl2N2O2S. The minimum atomic E-state index is -3.71. The quantitative estimate of drug-likeness (QED) is 0.818. The molecule has 4 nitrogen and oxygen atoms in total. The molecule has 1 aromatic carbocycles. The van der Waals surface area contributed by atoms with Gasteiger partial charge in [0.2, 0.25) is 0 Å². The third-order valence-electron chi connectivity index (χ3n) is 2.18. The van der Waals surface area contributed by atoms with E-state index >= 15 is 0 Å². The smallest absolute Gasteiger partial charge is 0.263 e. The van der Waals surface area contributed by atoms with Crippen LogP contribution in [-0.4, -0.2) is 13.4 Å². The Morgan fingerprint density at radius 1 is 1.16 bits per heavy atom. The van der Waals surface area contributed by atoms with E-state index in [4.69, 9.17) is 23.2 Å². The molecule has 0 saturated carbocycles. The van der Waals surface area contributed by atoms with Gasteiger partial charge in [0.25, 0.3) is 10.0 Å². The molecule has 0 aliphatic rings. The first-order valence-corrected chi connectivity index (χ1v) is 8.01. The summed E-state index contributed by atoms with van der Waals surface area (Å²) in [6.45, 7) is 0. The molecule has 0 bridgehead atoms. The van der Waals surface area contributed by atoms with Gasteiger partial charge in [-0.1, -0.05) is 23.2 Å². The average Bonchev–Trinajstić information content (AvgIpc) is 2.35. The van der Waals surface area contributed by atoms with E-state index in [1.165, 1.54) is 12.3 Å². The summed E-state index contributed by atoms with van der Waals surface area (Å²) in [6, 6.07) is 7.70. The van der Waals surface area contributed by atoms with Gasteiger partial charge in [0.15, 0.2) is 0 Å². The van der Waals surface area contributed by atoms with Gasteiger partial charge in [-0.05, 0) is 46.3 Å². The summed E-state index contributed by atoms with van der Waals surface area (Å²) in [4.78, 5) is 3.79. The zero-order valence-corrected chi connectivity index (χ0v) is 13.2. The lowest BCUT2D eigenvalue weighted by Crippen LogP contribution is -2.13. The topological polar surface area (TPSA) is 59.1 Å². The summed E-state index contributed by atoms with van der Waals surface area (Å²) in [7, 11) is -3.71. The summed E-state index contributed by atoms with van der Waals surface area (Å²) >= 11 is 14.6. The second-order valence-electron chi connectivity index (χ2n) is 3.56. The number of aromatic nitrogens is 1. The lowest BCUT2D eigenvalue weighted by Gasteiger charge is -2.08. The van der Waals surface area contributed by atoms with Crippen LogP contribution in [0.15, 0.2) is 45.9 Å². The van der Waals surface area contributed by atoms with Crippen molar-refractivity contribution >= 4 is 54.8 Å². The van der Waals surface area contributed by atoms with Crippen LogP contribution >= 0.6 is 39.1 Å². The van der Waals surface area contributed by atoms with Gasteiger partial charge in [0.05, 0.1) is 4.47 Å². The van der Waals surface area contributed by atoms with Gasteiger partial charge in [-0.25, -0.2) is 13.4 Å². The summed E-state index contributed by atoms with van der Waals surface area (Å²) in [5, 5.41) is 0.726. The molecule has 0 aliphatic heterocycles. The van der Waals surface area contributed by atoms with E-state index in [1.54, 1.807) is 24.3 Å². The van der Waals surface area contributed by atoms with Gasteiger partial charge in [-0.3, -0.25) is 4.72 Å². The van der Waals surface area contributed by atoms with Crippen molar-refractivity contribution in [2.75, 3.05) is 4.72 Å². The number of nitrogens with one attached hydrogen (secondary N) is 1. The van der Waals surface area contributed by atoms with Crippen LogP contribution < -0.4 is 4.72 Å². The molecule has 8 heteroatoms. The standard InChI is InChI=1S/C11H7BrCl2N2O2S/c12-10-5-9(6-15-11(10)14)19(17,18)16-8-3-1-7(13)2-4-8/h1-6,16H. The molecule has 0 spiro atoms. The Bertz CT molecular complexity index is 705. The first-order chi connectivity index (χ1) is 8.88. The Morgan fingerprint density at radius 3 is 2.37 bits per heavy atom. The molecule has 0 saturated heterocycles. The maximum atomic E-state index is 12.1. The predicted octanol–water partition coefficient (Wildman–Crippen LogP) is 3.95. The van der Waals surface area contributed by atoms with Crippen molar-refractivity contribution in [3.8, 4) is 0 Å². The Morgan fingerprint density at radius 2 is 1.79 bits per heavy atom. The predicted molar refractivity (Wildman–Crippen MR) is 79.2 cm³/mol. The monoisotopic (exact) mass is 380 g/mol. The fraction of sp³-hybridized carbons (Fsp3) is 0. The van der Waals surface area contributed by atoms with E-state index in [0.717, 1.165) is 0 Å². The van der Waals surface area contributed by atoms with Crippen LogP contribution in [0.4, 0.5) is 5.69 Å². The average molecular weight is 382 g/mol. The molecule has 0 radical (unpaired) electrons. The molecule has 0 fully saturated rings. The largest absolute Gasteiger partial charge is 0.280 e. The number of halogens is 3. The minimum Gasteiger partial charge on any atom is -0.280 e.